The topological polar surface area (TPSA) is 29.5 Å². The standard InChI is InChI=1S/C17H15BrClNO2/c1-3-10-22-14-7-4-12(5-8-14)17(21)20(2)16-9-6-13(18)11-15(16)19/h3-9,11H,1,10H2,2H3. The minimum Gasteiger partial charge on any atom is -0.490 e. The summed E-state index contributed by atoms with van der Waals surface area (Å²) in [5.41, 5.74) is 1.22. The summed E-state index contributed by atoms with van der Waals surface area (Å²) in [5, 5.41) is 0.510. The first-order valence-electron chi connectivity index (χ1n) is 6.60. The molecule has 0 saturated heterocycles. The quantitative estimate of drug-likeness (QED) is 0.687. The Morgan fingerprint density at radius 2 is 2.00 bits per heavy atom. The van der Waals surface area contributed by atoms with Gasteiger partial charge in [0.1, 0.15) is 12.4 Å². The molecule has 0 fully saturated rings. The summed E-state index contributed by atoms with van der Waals surface area (Å²) < 4.78 is 6.26. The van der Waals surface area contributed by atoms with Crippen LogP contribution < -0.4 is 9.64 Å². The van der Waals surface area contributed by atoms with Crippen molar-refractivity contribution >= 4 is 39.1 Å². The van der Waals surface area contributed by atoms with Crippen molar-refractivity contribution in [3.8, 4) is 5.75 Å². The second-order valence-corrected chi connectivity index (χ2v) is 5.91. The van der Waals surface area contributed by atoms with Crippen LogP contribution in [-0.2, 0) is 0 Å². The zero-order chi connectivity index (χ0) is 16.1. The van der Waals surface area contributed by atoms with E-state index in [1.807, 2.05) is 6.07 Å². The van der Waals surface area contributed by atoms with E-state index in [1.54, 1.807) is 49.5 Å². The van der Waals surface area contributed by atoms with Crippen molar-refractivity contribution in [1.82, 2.24) is 0 Å². The number of hydrogen-bond donors (Lipinski definition) is 0. The SMILES string of the molecule is C=CCOc1ccc(C(=O)N(C)c2ccc(Br)cc2Cl)cc1. The van der Waals surface area contributed by atoms with E-state index in [1.165, 1.54) is 4.90 Å². The maximum atomic E-state index is 12.5. The van der Waals surface area contributed by atoms with Gasteiger partial charge in [0.25, 0.3) is 5.91 Å². The van der Waals surface area contributed by atoms with Gasteiger partial charge in [0, 0.05) is 17.1 Å². The number of nitrogens with zero attached hydrogens (tertiary/aromatic N) is 1. The van der Waals surface area contributed by atoms with Crippen LogP contribution in [0.2, 0.25) is 5.02 Å². The van der Waals surface area contributed by atoms with Gasteiger partial charge in [0.2, 0.25) is 0 Å². The van der Waals surface area contributed by atoms with Crippen molar-refractivity contribution in [3.05, 3.63) is 70.2 Å². The van der Waals surface area contributed by atoms with E-state index >= 15 is 0 Å². The molecule has 0 unspecified atom stereocenters. The molecule has 0 aliphatic rings. The van der Waals surface area contributed by atoms with Crippen molar-refractivity contribution in [3.63, 3.8) is 0 Å². The third-order valence-corrected chi connectivity index (χ3v) is 3.84. The molecule has 0 saturated carbocycles. The van der Waals surface area contributed by atoms with Crippen molar-refractivity contribution in [2.24, 2.45) is 0 Å². The van der Waals surface area contributed by atoms with E-state index in [9.17, 15) is 4.79 Å². The molecule has 22 heavy (non-hydrogen) atoms. The highest BCUT2D eigenvalue weighted by Crippen LogP contribution is 2.29. The molecule has 0 aromatic heterocycles. The fraction of sp³-hybridized carbons (Fsp3) is 0.118. The van der Waals surface area contributed by atoms with Crippen LogP contribution in [0.25, 0.3) is 0 Å². The predicted octanol–water partition coefficient (Wildman–Crippen LogP) is 4.94. The van der Waals surface area contributed by atoms with Crippen LogP contribution in [0, 0.1) is 0 Å². The molecule has 0 spiro atoms. The minimum absolute atomic E-state index is 0.139. The molecule has 0 heterocycles. The average molecular weight is 381 g/mol. The van der Waals surface area contributed by atoms with Crippen molar-refractivity contribution < 1.29 is 9.53 Å². The fourth-order valence-corrected chi connectivity index (χ4v) is 2.71. The summed E-state index contributed by atoms with van der Waals surface area (Å²) >= 11 is 9.53. The second-order valence-electron chi connectivity index (χ2n) is 4.58. The lowest BCUT2D eigenvalue weighted by Gasteiger charge is -2.19. The van der Waals surface area contributed by atoms with Gasteiger partial charge in [-0.15, -0.1) is 0 Å². The number of rotatable bonds is 5. The van der Waals surface area contributed by atoms with Crippen LogP contribution in [-0.4, -0.2) is 19.6 Å². The van der Waals surface area contributed by atoms with Gasteiger partial charge in [-0.05, 0) is 42.5 Å². The van der Waals surface area contributed by atoms with E-state index in [0.717, 1.165) is 4.47 Å². The smallest absolute Gasteiger partial charge is 0.258 e. The molecule has 3 nitrogen and oxygen atoms in total. The first-order chi connectivity index (χ1) is 10.5. The molecule has 5 heteroatoms. The molecule has 0 aliphatic carbocycles. The summed E-state index contributed by atoms with van der Waals surface area (Å²) in [6.07, 6.45) is 1.67. The Hall–Kier alpha value is -1.78. The molecule has 0 aliphatic heterocycles. The Kier molecular flexibility index (Phi) is 5.63. The Morgan fingerprint density at radius 3 is 2.59 bits per heavy atom. The molecule has 2 aromatic carbocycles. The predicted molar refractivity (Wildman–Crippen MR) is 94.0 cm³/mol. The number of carbonyl (C=O) groups is 1. The van der Waals surface area contributed by atoms with Crippen molar-refractivity contribution in [2.75, 3.05) is 18.6 Å². The minimum atomic E-state index is -0.139. The molecule has 0 N–H and O–H groups in total. The third-order valence-electron chi connectivity index (χ3n) is 3.04. The lowest BCUT2D eigenvalue weighted by Crippen LogP contribution is -2.26. The van der Waals surface area contributed by atoms with Gasteiger partial charge in [-0.1, -0.05) is 40.2 Å². The number of hydrogen-bond acceptors (Lipinski definition) is 2. The van der Waals surface area contributed by atoms with Gasteiger partial charge in [-0.25, -0.2) is 0 Å². The summed E-state index contributed by atoms with van der Waals surface area (Å²) in [6.45, 7) is 4.02. The van der Waals surface area contributed by atoms with Crippen LogP contribution in [0.15, 0.2) is 59.6 Å². The molecule has 114 valence electrons. The lowest BCUT2D eigenvalue weighted by molar-refractivity contribution is 0.0993. The highest BCUT2D eigenvalue weighted by Gasteiger charge is 2.16. The molecular formula is C17H15BrClNO2. The number of amides is 1. The van der Waals surface area contributed by atoms with Crippen LogP contribution >= 0.6 is 27.5 Å². The van der Waals surface area contributed by atoms with Crippen LogP contribution in [0.3, 0.4) is 0 Å². The molecular weight excluding hydrogens is 366 g/mol. The molecule has 2 rings (SSSR count). The third kappa shape index (κ3) is 3.90. The fourth-order valence-electron chi connectivity index (χ4n) is 1.91. The Morgan fingerprint density at radius 1 is 1.32 bits per heavy atom. The summed E-state index contributed by atoms with van der Waals surface area (Å²) in [6, 6.07) is 12.4. The molecule has 0 radical (unpaired) electrons. The highest BCUT2D eigenvalue weighted by molar-refractivity contribution is 9.10. The first kappa shape index (κ1) is 16.6. The largest absolute Gasteiger partial charge is 0.490 e. The normalized spacial score (nSPS) is 10.1. The molecule has 2 aromatic rings. The Balaban J connectivity index is 2.17. The van der Waals surface area contributed by atoms with Crippen molar-refractivity contribution in [2.45, 2.75) is 0 Å². The number of ether oxygens (including phenoxy) is 1. The van der Waals surface area contributed by atoms with Gasteiger partial charge in [0.05, 0.1) is 10.7 Å². The van der Waals surface area contributed by atoms with Gasteiger partial charge < -0.3 is 9.64 Å². The molecule has 0 atom stereocenters. The highest BCUT2D eigenvalue weighted by atomic mass is 79.9. The van der Waals surface area contributed by atoms with E-state index in [4.69, 9.17) is 16.3 Å². The summed E-state index contributed by atoms with van der Waals surface area (Å²) in [4.78, 5) is 14.0. The van der Waals surface area contributed by atoms with E-state index in [-0.39, 0.29) is 5.91 Å². The van der Waals surface area contributed by atoms with Gasteiger partial charge in [-0.2, -0.15) is 0 Å². The Labute approximate surface area is 143 Å². The average Bonchev–Trinajstić information content (AvgIpc) is 2.52. The van der Waals surface area contributed by atoms with Gasteiger partial charge >= 0.3 is 0 Å². The monoisotopic (exact) mass is 379 g/mol. The van der Waals surface area contributed by atoms with Gasteiger partial charge in [-0.3, -0.25) is 4.79 Å². The maximum absolute atomic E-state index is 12.5. The zero-order valence-corrected chi connectivity index (χ0v) is 14.4. The molecule has 1 amide bonds. The van der Waals surface area contributed by atoms with E-state index in [2.05, 4.69) is 22.5 Å². The number of benzene rings is 2. The van der Waals surface area contributed by atoms with Crippen molar-refractivity contribution in [1.29, 1.82) is 0 Å². The van der Waals surface area contributed by atoms with Crippen LogP contribution in [0.5, 0.6) is 5.75 Å². The van der Waals surface area contributed by atoms with E-state index < -0.39 is 0 Å². The summed E-state index contributed by atoms with van der Waals surface area (Å²) in [7, 11) is 1.69. The maximum Gasteiger partial charge on any atom is 0.258 e. The van der Waals surface area contributed by atoms with Crippen LogP contribution in [0.1, 0.15) is 10.4 Å². The van der Waals surface area contributed by atoms with Gasteiger partial charge in [0.15, 0.2) is 0 Å². The van der Waals surface area contributed by atoms with Crippen LogP contribution in [0.4, 0.5) is 5.69 Å². The lowest BCUT2D eigenvalue weighted by atomic mass is 10.2. The van der Waals surface area contributed by atoms with E-state index in [0.29, 0.717) is 28.6 Å². The Bertz CT molecular complexity index is 686. The number of anilines is 1. The second kappa shape index (κ2) is 7.47. The summed E-state index contributed by atoms with van der Waals surface area (Å²) in [5.74, 6) is 0.556. The first-order valence-corrected chi connectivity index (χ1v) is 7.77. The molecule has 0 bridgehead atoms. The zero-order valence-electron chi connectivity index (χ0n) is 12.1. The number of halogens is 2. The number of carbonyl (C=O) groups excluding carboxylic acids is 1.